The van der Waals surface area contributed by atoms with Gasteiger partial charge in [-0.05, 0) is 29.8 Å². The predicted molar refractivity (Wildman–Crippen MR) is 110 cm³/mol. The monoisotopic (exact) mass is 414 g/mol. The number of aromatic nitrogens is 3. The first-order valence-electron chi connectivity index (χ1n) is 7.97. The molecule has 2 aromatic heterocycles. The zero-order valence-electron chi connectivity index (χ0n) is 13.8. The van der Waals surface area contributed by atoms with Crippen molar-refractivity contribution in [2.75, 3.05) is 0 Å². The van der Waals surface area contributed by atoms with Crippen molar-refractivity contribution in [3.05, 3.63) is 76.7 Å². The summed E-state index contributed by atoms with van der Waals surface area (Å²) in [6.45, 7) is 0. The number of hydrogen-bond donors (Lipinski definition) is 0. The maximum absolute atomic E-state index is 12.9. The first kappa shape index (κ1) is 18.0. The van der Waals surface area contributed by atoms with Crippen molar-refractivity contribution >= 4 is 56.9 Å². The number of thioether (sulfide) groups is 1. The molecule has 0 aliphatic heterocycles. The number of pyridine rings is 1. The number of aliphatic imine (C=N–C) groups is 1. The van der Waals surface area contributed by atoms with Gasteiger partial charge in [0.05, 0.1) is 5.52 Å². The molecule has 0 radical (unpaired) electrons. The van der Waals surface area contributed by atoms with Gasteiger partial charge < -0.3 is 0 Å². The molecule has 0 N–H and O–H groups in total. The number of fused-ring (bicyclic) bond motifs is 1. The second kappa shape index (κ2) is 8.12. The minimum Gasteiger partial charge on any atom is -0.236 e. The Bertz CT molecular complexity index is 1110. The Labute approximate surface area is 168 Å². The summed E-state index contributed by atoms with van der Waals surface area (Å²) >= 11 is 9.22. The van der Waals surface area contributed by atoms with Crippen LogP contribution in [0.15, 0.2) is 63.9 Å². The van der Waals surface area contributed by atoms with Crippen LogP contribution in [0, 0.1) is 5.82 Å². The molecule has 2 aromatic carbocycles. The largest absolute Gasteiger partial charge is 0.236 e. The van der Waals surface area contributed by atoms with E-state index in [1.165, 1.54) is 35.2 Å². The van der Waals surface area contributed by atoms with Crippen molar-refractivity contribution in [1.82, 2.24) is 15.2 Å². The molecule has 0 unspecified atom stereocenters. The second-order valence-corrected chi connectivity index (χ2v) is 8.12. The van der Waals surface area contributed by atoms with E-state index in [1.54, 1.807) is 18.3 Å². The van der Waals surface area contributed by atoms with Crippen LogP contribution >= 0.6 is 34.7 Å². The molecule has 8 heteroatoms. The van der Waals surface area contributed by atoms with Crippen LogP contribution in [0.2, 0.25) is 5.15 Å². The Morgan fingerprint density at radius 1 is 1.11 bits per heavy atom. The highest BCUT2D eigenvalue weighted by Crippen LogP contribution is 2.32. The van der Waals surface area contributed by atoms with Gasteiger partial charge in [0, 0.05) is 22.9 Å². The number of nitrogens with zero attached hydrogens (tertiary/aromatic N) is 4. The molecule has 0 spiro atoms. The van der Waals surface area contributed by atoms with E-state index in [9.17, 15) is 4.39 Å². The van der Waals surface area contributed by atoms with Crippen LogP contribution in [0.1, 0.15) is 11.1 Å². The average molecular weight is 415 g/mol. The first-order valence-corrected chi connectivity index (χ1v) is 10.2. The molecule has 2 heterocycles. The molecule has 27 heavy (non-hydrogen) atoms. The zero-order valence-corrected chi connectivity index (χ0v) is 16.2. The molecular weight excluding hydrogens is 403 g/mol. The summed E-state index contributed by atoms with van der Waals surface area (Å²) in [5, 5.41) is 10.3. The smallest absolute Gasteiger partial charge is 0.232 e. The van der Waals surface area contributed by atoms with Crippen LogP contribution in [0.4, 0.5) is 9.52 Å². The van der Waals surface area contributed by atoms with E-state index in [4.69, 9.17) is 11.6 Å². The summed E-state index contributed by atoms with van der Waals surface area (Å²) in [6.07, 6.45) is 1.64. The lowest BCUT2D eigenvalue weighted by molar-refractivity contribution is 0.628. The van der Waals surface area contributed by atoms with Gasteiger partial charge >= 0.3 is 0 Å². The summed E-state index contributed by atoms with van der Waals surface area (Å²) in [7, 11) is 0. The van der Waals surface area contributed by atoms with Crippen LogP contribution in [0.5, 0.6) is 0 Å². The Hall–Kier alpha value is -2.35. The summed E-state index contributed by atoms with van der Waals surface area (Å²) in [5.41, 5.74) is 2.63. The van der Waals surface area contributed by atoms with Crippen molar-refractivity contribution in [3.8, 4) is 0 Å². The maximum atomic E-state index is 12.9. The highest BCUT2D eigenvalue weighted by molar-refractivity contribution is 8.00. The number of halogens is 2. The van der Waals surface area contributed by atoms with Crippen molar-refractivity contribution in [2.24, 2.45) is 4.99 Å². The minimum absolute atomic E-state index is 0.274. The molecule has 134 valence electrons. The molecule has 0 bridgehead atoms. The fourth-order valence-corrected chi connectivity index (χ4v) is 4.32. The lowest BCUT2D eigenvalue weighted by atomic mass is 10.2. The second-order valence-electron chi connectivity index (χ2n) is 5.58. The molecule has 0 atom stereocenters. The van der Waals surface area contributed by atoms with Gasteiger partial charge in [0.1, 0.15) is 11.0 Å². The van der Waals surface area contributed by atoms with Crippen molar-refractivity contribution < 1.29 is 4.39 Å². The van der Waals surface area contributed by atoms with E-state index in [0.717, 1.165) is 26.4 Å². The molecular formula is C19H12ClFN4S2. The van der Waals surface area contributed by atoms with E-state index in [2.05, 4.69) is 20.2 Å². The van der Waals surface area contributed by atoms with Crippen LogP contribution in [-0.2, 0) is 5.75 Å². The van der Waals surface area contributed by atoms with Gasteiger partial charge in [0.2, 0.25) is 5.13 Å². The molecule has 0 aliphatic rings. The third-order valence-corrected chi connectivity index (χ3v) is 6.03. The fraction of sp³-hybridized carbons (Fsp3) is 0.0526. The molecule has 0 aliphatic carbocycles. The van der Waals surface area contributed by atoms with Crippen LogP contribution < -0.4 is 0 Å². The van der Waals surface area contributed by atoms with E-state index >= 15 is 0 Å². The maximum Gasteiger partial charge on any atom is 0.232 e. The summed E-state index contributed by atoms with van der Waals surface area (Å²) < 4.78 is 13.7. The Morgan fingerprint density at radius 2 is 1.93 bits per heavy atom. The molecule has 0 fully saturated rings. The Balaban J connectivity index is 1.44. The standard InChI is InChI=1S/C19H12ClFN4S2/c20-17-14(9-13-3-1-2-4-16(13)23-17)11-26-19-25-24-18(27-19)22-10-12-5-7-15(21)8-6-12/h1-10H,11H2/b22-10-. The molecule has 0 saturated heterocycles. The zero-order chi connectivity index (χ0) is 18.6. The first-order chi connectivity index (χ1) is 13.2. The van der Waals surface area contributed by atoms with Crippen LogP contribution in [-0.4, -0.2) is 21.4 Å². The molecule has 4 aromatic rings. The fourth-order valence-electron chi connectivity index (χ4n) is 2.37. The third kappa shape index (κ3) is 4.50. The summed E-state index contributed by atoms with van der Waals surface area (Å²) in [4.78, 5) is 8.72. The Morgan fingerprint density at radius 3 is 2.78 bits per heavy atom. The van der Waals surface area contributed by atoms with E-state index in [-0.39, 0.29) is 5.82 Å². The van der Waals surface area contributed by atoms with Gasteiger partial charge in [-0.15, -0.1) is 10.2 Å². The van der Waals surface area contributed by atoms with E-state index < -0.39 is 0 Å². The Kier molecular flexibility index (Phi) is 5.42. The minimum atomic E-state index is -0.274. The van der Waals surface area contributed by atoms with Gasteiger partial charge in [-0.3, -0.25) is 0 Å². The van der Waals surface area contributed by atoms with Crippen LogP contribution in [0.3, 0.4) is 0 Å². The highest BCUT2D eigenvalue weighted by atomic mass is 35.5. The molecule has 0 amide bonds. The number of hydrogen-bond acceptors (Lipinski definition) is 6. The van der Waals surface area contributed by atoms with Gasteiger partial charge in [-0.25, -0.2) is 14.4 Å². The van der Waals surface area contributed by atoms with Crippen molar-refractivity contribution in [3.63, 3.8) is 0 Å². The normalized spacial score (nSPS) is 11.5. The highest BCUT2D eigenvalue weighted by Gasteiger charge is 2.08. The predicted octanol–water partition coefficient (Wildman–Crippen LogP) is 5.92. The quantitative estimate of drug-likeness (QED) is 0.231. The summed E-state index contributed by atoms with van der Waals surface area (Å²) in [5.74, 6) is 0.371. The van der Waals surface area contributed by atoms with E-state index in [0.29, 0.717) is 16.0 Å². The van der Waals surface area contributed by atoms with Gasteiger partial charge in [0.25, 0.3) is 0 Å². The third-order valence-electron chi connectivity index (χ3n) is 3.69. The van der Waals surface area contributed by atoms with Gasteiger partial charge in [-0.2, -0.15) is 0 Å². The molecule has 0 saturated carbocycles. The number of para-hydroxylation sites is 1. The number of rotatable bonds is 5. The lowest BCUT2D eigenvalue weighted by Gasteiger charge is -2.04. The topological polar surface area (TPSA) is 51.0 Å². The summed E-state index contributed by atoms with van der Waals surface area (Å²) in [6, 6.07) is 16.0. The molecule has 4 nitrogen and oxygen atoms in total. The van der Waals surface area contributed by atoms with Gasteiger partial charge in [0.15, 0.2) is 4.34 Å². The molecule has 4 rings (SSSR count). The van der Waals surface area contributed by atoms with Gasteiger partial charge in [-0.1, -0.05) is 65.0 Å². The average Bonchev–Trinajstić information content (AvgIpc) is 3.14. The SMILES string of the molecule is Fc1ccc(/C=N\c2nnc(SCc3cc4ccccc4nc3Cl)s2)cc1. The van der Waals surface area contributed by atoms with Crippen LogP contribution in [0.25, 0.3) is 10.9 Å². The van der Waals surface area contributed by atoms with E-state index in [1.807, 2.05) is 30.3 Å². The lowest BCUT2D eigenvalue weighted by Crippen LogP contribution is -1.88. The van der Waals surface area contributed by atoms with Crippen molar-refractivity contribution in [1.29, 1.82) is 0 Å². The van der Waals surface area contributed by atoms with Crippen molar-refractivity contribution in [2.45, 2.75) is 10.1 Å². The number of benzene rings is 2.